The highest BCUT2D eigenvalue weighted by molar-refractivity contribution is 5.98. The number of ether oxygens (including phenoxy) is 3. The van der Waals surface area contributed by atoms with Gasteiger partial charge < -0.3 is 50.0 Å². The van der Waals surface area contributed by atoms with Gasteiger partial charge in [0, 0.05) is 40.4 Å². The Labute approximate surface area is 331 Å². The molecule has 0 aliphatic carbocycles. The zero-order valence-corrected chi connectivity index (χ0v) is 33.3. The molecule has 0 saturated carbocycles. The molecule has 0 radical (unpaired) electrons. The van der Waals surface area contributed by atoms with E-state index in [0.717, 1.165) is 4.90 Å². The SMILES string of the molecule is COc1ccc(C[C@H]2C(=O)N[C@@H](C)C(=O)N(C)[C@H]3Cc4ccc(cc4)Oc4cc(ccc4OC)C[C@@H](C(=O)N[C@H](C)C(=O)N[C@@H](C)C(=O)N2C)N(C)C3=O)cc1O. The molecule has 3 aliphatic rings. The van der Waals surface area contributed by atoms with Crippen molar-refractivity contribution in [2.24, 2.45) is 0 Å². The van der Waals surface area contributed by atoms with E-state index in [1.54, 1.807) is 48.5 Å². The van der Waals surface area contributed by atoms with E-state index in [4.69, 9.17) is 14.2 Å². The van der Waals surface area contributed by atoms with Gasteiger partial charge in [0.15, 0.2) is 23.0 Å². The summed E-state index contributed by atoms with van der Waals surface area (Å²) in [5, 5.41) is 18.5. The molecule has 6 amide bonds. The van der Waals surface area contributed by atoms with Crippen molar-refractivity contribution in [1.82, 2.24) is 30.7 Å². The number of likely N-dealkylation sites (N-methyl/N-ethyl adjacent to an activating group) is 3. The highest BCUT2D eigenvalue weighted by atomic mass is 16.5. The topological polar surface area (TPSA) is 196 Å². The monoisotopic (exact) mass is 786 g/mol. The lowest BCUT2D eigenvalue weighted by atomic mass is 9.98. The second-order valence-corrected chi connectivity index (χ2v) is 14.4. The molecule has 0 aromatic heterocycles. The van der Waals surface area contributed by atoms with Crippen LogP contribution >= 0.6 is 0 Å². The quantitative estimate of drug-likeness (QED) is 0.302. The maximum absolute atomic E-state index is 14.7. The molecule has 3 heterocycles. The average Bonchev–Trinajstić information content (AvgIpc) is 3.19. The van der Waals surface area contributed by atoms with Gasteiger partial charge in [0.05, 0.1) is 14.2 Å². The molecule has 1 saturated heterocycles. The number of hydrogen-bond acceptors (Lipinski definition) is 10. The number of amides is 6. The maximum Gasteiger partial charge on any atom is 0.246 e. The van der Waals surface area contributed by atoms with Crippen LogP contribution in [0.4, 0.5) is 0 Å². The van der Waals surface area contributed by atoms with Crippen molar-refractivity contribution in [1.29, 1.82) is 0 Å². The minimum Gasteiger partial charge on any atom is -0.504 e. The Morgan fingerprint density at radius 2 is 1.18 bits per heavy atom. The van der Waals surface area contributed by atoms with Crippen LogP contribution < -0.4 is 30.2 Å². The van der Waals surface area contributed by atoms with Crippen molar-refractivity contribution in [2.45, 2.75) is 76.3 Å². The highest BCUT2D eigenvalue weighted by Crippen LogP contribution is 2.34. The minimum absolute atomic E-state index is 0.00969. The predicted molar refractivity (Wildman–Crippen MR) is 208 cm³/mol. The number of phenols is 1. The van der Waals surface area contributed by atoms with E-state index in [2.05, 4.69) is 16.0 Å². The summed E-state index contributed by atoms with van der Waals surface area (Å²) >= 11 is 0. The third-order valence-corrected chi connectivity index (χ3v) is 10.5. The number of hydrogen-bond donors (Lipinski definition) is 4. The lowest BCUT2D eigenvalue weighted by molar-refractivity contribution is -0.149. The molecule has 57 heavy (non-hydrogen) atoms. The van der Waals surface area contributed by atoms with Crippen molar-refractivity contribution < 1.29 is 48.1 Å². The Bertz CT molecular complexity index is 2020. The van der Waals surface area contributed by atoms with Crippen molar-refractivity contribution in [3.05, 3.63) is 77.4 Å². The number of nitrogens with zero attached hydrogens (tertiary/aromatic N) is 3. The molecule has 3 aromatic rings. The third kappa shape index (κ3) is 9.39. The van der Waals surface area contributed by atoms with Gasteiger partial charge in [-0.1, -0.05) is 24.3 Å². The zero-order valence-electron chi connectivity index (χ0n) is 33.3. The number of rotatable bonds is 4. The first-order chi connectivity index (χ1) is 27.0. The predicted octanol–water partition coefficient (Wildman–Crippen LogP) is 1.55. The van der Waals surface area contributed by atoms with E-state index in [1.165, 1.54) is 78.1 Å². The van der Waals surface area contributed by atoms with Crippen LogP contribution in [0.1, 0.15) is 37.5 Å². The van der Waals surface area contributed by atoms with E-state index < -0.39 is 71.7 Å². The summed E-state index contributed by atoms with van der Waals surface area (Å²) in [5.41, 5.74) is 1.76. The first-order valence-corrected chi connectivity index (χ1v) is 18.5. The van der Waals surface area contributed by atoms with E-state index in [9.17, 15) is 33.9 Å². The second kappa shape index (κ2) is 17.6. The van der Waals surface area contributed by atoms with Gasteiger partial charge in [0.1, 0.15) is 42.0 Å². The van der Waals surface area contributed by atoms with Gasteiger partial charge in [0.25, 0.3) is 0 Å². The maximum atomic E-state index is 14.7. The van der Waals surface area contributed by atoms with Gasteiger partial charge in [-0.15, -0.1) is 0 Å². The lowest BCUT2D eigenvalue weighted by Gasteiger charge is -2.36. The standard InChI is InChI=1S/C41H50N6O10/c1-22-36(49)43-23(2)39(52)45(4)29(18-26-11-15-33(55-7)32(48)20-26)38(51)44-24(3)40(53)47(6)31-17-25-9-13-28(14-10-25)57-35-21-27(12-16-34(35)56-8)19-30(37(50)42-22)46(5)41(31)54/h9-16,20-24,29-31,48H,17-19H2,1-8H3,(H,42,50)(H,43,49)(H,44,51)/t22-,23+,24+,29+,30+,31+/m1/s1. The normalized spacial score (nSPS) is 24.1. The number of carbonyl (C=O) groups excluding carboxylic acids is 6. The molecule has 304 valence electrons. The molecule has 6 rings (SSSR count). The van der Waals surface area contributed by atoms with Crippen molar-refractivity contribution >= 4 is 35.4 Å². The van der Waals surface area contributed by atoms with Crippen LogP contribution in [0.2, 0.25) is 0 Å². The molecule has 6 atom stereocenters. The van der Waals surface area contributed by atoms with Gasteiger partial charge in [-0.3, -0.25) is 28.8 Å². The highest BCUT2D eigenvalue weighted by Gasteiger charge is 2.39. The summed E-state index contributed by atoms with van der Waals surface area (Å²) in [4.78, 5) is 88.1. The molecule has 0 spiro atoms. The van der Waals surface area contributed by atoms with Gasteiger partial charge in [-0.25, -0.2) is 0 Å². The lowest BCUT2D eigenvalue weighted by Crippen LogP contribution is -2.61. The molecule has 3 aliphatic heterocycles. The molecule has 6 bridgehead atoms. The first-order valence-electron chi connectivity index (χ1n) is 18.5. The minimum atomic E-state index is -1.22. The van der Waals surface area contributed by atoms with Crippen molar-refractivity contribution in [3.63, 3.8) is 0 Å². The van der Waals surface area contributed by atoms with Gasteiger partial charge >= 0.3 is 0 Å². The summed E-state index contributed by atoms with van der Waals surface area (Å²) in [6, 6.07) is 9.62. The fourth-order valence-electron chi connectivity index (χ4n) is 6.93. The number of aromatic hydroxyl groups is 1. The van der Waals surface area contributed by atoms with Gasteiger partial charge in [-0.05, 0) is 73.9 Å². The Morgan fingerprint density at radius 3 is 1.81 bits per heavy atom. The summed E-state index contributed by atoms with van der Waals surface area (Å²) in [6.45, 7) is 4.36. The average molecular weight is 787 g/mol. The van der Waals surface area contributed by atoms with Gasteiger partial charge in [0.2, 0.25) is 35.4 Å². The largest absolute Gasteiger partial charge is 0.504 e. The van der Waals surface area contributed by atoms with Crippen LogP contribution in [-0.2, 0) is 48.0 Å². The van der Waals surface area contributed by atoms with E-state index in [-0.39, 0.29) is 30.8 Å². The Balaban J connectivity index is 1.58. The summed E-state index contributed by atoms with van der Waals surface area (Å²) in [6.07, 6.45) is -0.0602. The number of fused-ring (bicyclic) bond motifs is 2. The zero-order chi connectivity index (χ0) is 41.7. The van der Waals surface area contributed by atoms with Crippen LogP contribution in [0.5, 0.6) is 28.7 Å². The number of methoxy groups -OCH3 is 2. The van der Waals surface area contributed by atoms with Crippen LogP contribution in [-0.4, -0.2) is 127 Å². The number of phenolic OH excluding ortho intramolecular Hbond substituents is 1. The van der Waals surface area contributed by atoms with E-state index >= 15 is 0 Å². The molecular weight excluding hydrogens is 736 g/mol. The second-order valence-electron chi connectivity index (χ2n) is 14.4. The molecule has 0 unspecified atom stereocenters. The van der Waals surface area contributed by atoms with Crippen LogP contribution in [0, 0.1) is 0 Å². The summed E-state index contributed by atoms with van der Waals surface area (Å²) < 4.78 is 16.8. The Kier molecular flexibility index (Phi) is 13.0. The first kappa shape index (κ1) is 41.8. The molecule has 16 nitrogen and oxygen atoms in total. The van der Waals surface area contributed by atoms with Crippen LogP contribution in [0.15, 0.2) is 60.7 Å². The van der Waals surface area contributed by atoms with Crippen molar-refractivity contribution in [3.8, 4) is 28.7 Å². The summed E-state index contributed by atoms with van der Waals surface area (Å²) in [5.74, 6) is -2.50. The Morgan fingerprint density at radius 1 is 0.632 bits per heavy atom. The summed E-state index contributed by atoms with van der Waals surface area (Å²) in [7, 11) is 7.20. The fraction of sp³-hybridized carbons (Fsp3) is 0.415. The number of benzene rings is 3. The molecule has 1 fully saturated rings. The van der Waals surface area contributed by atoms with E-state index in [0.29, 0.717) is 33.9 Å². The molecular formula is C41H50N6O10. The molecule has 16 heteroatoms. The van der Waals surface area contributed by atoms with Crippen LogP contribution in [0.25, 0.3) is 0 Å². The molecule has 4 N–H and O–H groups in total. The number of carbonyl (C=O) groups is 6. The Hall–Kier alpha value is -6.32. The fourth-order valence-corrected chi connectivity index (χ4v) is 6.93. The van der Waals surface area contributed by atoms with Gasteiger partial charge in [-0.2, -0.15) is 0 Å². The smallest absolute Gasteiger partial charge is 0.246 e. The third-order valence-electron chi connectivity index (χ3n) is 10.5. The van der Waals surface area contributed by atoms with Crippen LogP contribution in [0.3, 0.4) is 0 Å². The molecule has 3 aromatic carbocycles. The van der Waals surface area contributed by atoms with E-state index in [1.807, 2.05) is 0 Å². The van der Waals surface area contributed by atoms with Crippen molar-refractivity contribution in [2.75, 3.05) is 35.4 Å². The number of nitrogens with one attached hydrogen (secondary N) is 3.